The maximum atomic E-state index is 12.6. The smallest absolute Gasteiger partial charge is 0.222 e. The van der Waals surface area contributed by atoms with Gasteiger partial charge in [0.1, 0.15) is 0 Å². The summed E-state index contributed by atoms with van der Waals surface area (Å²) in [6.07, 6.45) is 6.88. The van der Waals surface area contributed by atoms with Crippen LogP contribution in [0.25, 0.3) is 0 Å². The molecule has 0 aromatic rings. The number of nitrogens with zero attached hydrogens (tertiary/aromatic N) is 1. The fourth-order valence-corrected chi connectivity index (χ4v) is 4.99. The SMILES string of the molecule is CCSC1CCC(N(C)C(=O)CC(C)C2CCNCC2)C1. The highest BCUT2D eigenvalue weighted by atomic mass is 32.2. The quantitative estimate of drug-likeness (QED) is 0.818. The van der Waals surface area contributed by atoms with Gasteiger partial charge in [0.05, 0.1) is 0 Å². The molecule has 4 heteroatoms. The summed E-state index contributed by atoms with van der Waals surface area (Å²) < 4.78 is 0. The van der Waals surface area contributed by atoms with Gasteiger partial charge in [0.15, 0.2) is 0 Å². The Balaban J connectivity index is 1.76. The molecule has 0 bridgehead atoms. The molecule has 1 saturated carbocycles. The van der Waals surface area contributed by atoms with Crippen LogP contribution in [0.15, 0.2) is 0 Å². The third-order valence-electron chi connectivity index (χ3n) is 5.39. The summed E-state index contributed by atoms with van der Waals surface area (Å²) in [6.45, 7) is 6.74. The highest BCUT2D eigenvalue weighted by Gasteiger charge is 2.31. The molecule has 3 atom stereocenters. The number of rotatable bonds is 6. The predicted molar refractivity (Wildman–Crippen MR) is 91.7 cm³/mol. The Labute approximate surface area is 134 Å². The fraction of sp³-hybridized carbons (Fsp3) is 0.941. The van der Waals surface area contributed by atoms with Crippen molar-refractivity contribution in [1.29, 1.82) is 0 Å². The zero-order chi connectivity index (χ0) is 15.2. The Hall–Kier alpha value is -0.220. The second-order valence-electron chi connectivity index (χ2n) is 6.82. The van der Waals surface area contributed by atoms with E-state index in [-0.39, 0.29) is 0 Å². The Morgan fingerprint density at radius 2 is 2.00 bits per heavy atom. The van der Waals surface area contributed by atoms with Gasteiger partial charge in [-0.25, -0.2) is 0 Å². The standard InChI is InChI=1S/C17H32N2OS/c1-4-21-16-6-5-15(12-16)19(3)17(20)11-13(2)14-7-9-18-10-8-14/h13-16,18H,4-12H2,1-3H3. The number of hydrogen-bond acceptors (Lipinski definition) is 3. The van der Waals surface area contributed by atoms with E-state index in [4.69, 9.17) is 0 Å². The lowest BCUT2D eigenvalue weighted by atomic mass is 9.84. The van der Waals surface area contributed by atoms with E-state index in [1.807, 2.05) is 7.05 Å². The van der Waals surface area contributed by atoms with E-state index in [1.54, 1.807) is 0 Å². The third-order valence-corrected chi connectivity index (χ3v) is 6.62. The zero-order valence-corrected chi connectivity index (χ0v) is 14.8. The van der Waals surface area contributed by atoms with Crippen LogP contribution >= 0.6 is 11.8 Å². The first-order chi connectivity index (χ1) is 10.1. The van der Waals surface area contributed by atoms with Gasteiger partial charge in [0.25, 0.3) is 0 Å². The summed E-state index contributed by atoms with van der Waals surface area (Å²) >= 11 is 2.06. The molecule has 2 aliphatic rings. The number of amides is 1. The molecule has 3 nitrogen and oxygen atoms in total. The molecule has 2 fully saturated rings. The molecule has 1 N–H and O–H groups in total. The monoisotopic (exact) mass is 312 g/mol. The van der Waals surface area contributed by atoms with Crippen molar-refractivity contribution in [3.8, 4) is 0 Å². The molecule has 2 rings (SSSR count). The summed E-state index contributed by atoms with van der Waals surface area (Å²) in [4.78, 5) is 14.6. The first-order valence-corrected chi connectivity index (χ1v) is 9.74. The number of hydrogen-bond donors (Lipinski definition) is 1. The van der Waals surface area contributed by atoms with Crippen molar-refractivity contribution in [2.45, 2.75) is 63.7 Å². The van der Waals surface area contributed by atoms with Crippen LogP contribution in [0.4, 0.5) is 0 Å². The van der Waals surface area contributed by atoms with E-state index in [0.29, 0.717) is 17.9 Å². The molecule has 0 aromatic heterocycles. The minimum absolute atomic E-state index is 0.369. The lowest BCUT2D eigenvalue weighted by Crippen LogP contribution is -2.38. The van der Waals surface area contributed by atoms with Gasteiger partial charge in [-0.1, -0.05) is 13.8 Å². The summed E-state index contributed by atoms with van der Waals surface area (Å²) in [5, 5.41) is 4.18. The van der Waals surface area contributed by atoms with Gasteiger partial charge in [0.2, 0.25) is 5.91 Å². The molecule has 21 heavy (non-hydrogen) atoms. The molecule has 1 heterocycles. The van der Waals surface area contributed by atoms with Crippen LogP contribution in [0.2, 0.25) is 0 Å². The van der Waals surface area contributed by atoms with Gasteiger partial charge in [-0.2, -0.15) is 11.8 Å². The zero-order valence-electron chi connectivity index (χ0n) is 13.9. The average molecular weight is 313 g/mol. The fourth-order valence-electron chi connectivity index (χ4n) is 3.86. The van der Waals surface area contributed by atoms with Crippen molar-refractivity contribution in [2.75, 3.05) is 25.9 Å². The van der Waals surface area contributed by atoms with E-state index in [9.17, 15) is 4.79 Å². The molecule has 0 aromatic carbocycles. The Kier molecular flexibility index (Phi) is 6.87. The van der Waals surface area contributed by atoms with Crippen LogP contribution in [0.1, 0.15) is 52.4 Å². The van der Waals surface area contributed by atoms with Gasteiger partial charge < -0.3 is 10.2 Å². The molecule has 1 aliphatic heterocycles. The molecule has 0 spiro atoms. The van der Waals surface area contributed by atoms with Crippen LogP contribution in [0.3, 0.4) is 0 Å². The first-order valence-electron chi connectivity index (χ1n) is 8.69. The number of carbonyl (C=O) groups is 1. The normalized spacial score (nSPS) is 28.5. The van der Waals surface area contributed by atoms with E-state index in [1.165, 1.54) is 37.9 Å². The highest BCUT2D eigenvalue weighted by molar-refractivity contribution is 7.99. The van der Waals surface area contributed by atoms with Crippen LogP contribution in [0, 0.1) is 11.8 Å². The minimum atomic E-state index is 0.369. The van der Waals surface area contributed by atoms with Gasteiger partial charge in [0, 0.05) is 24.8 Å². The Morgan fingerprint density at radius 1 is 1.29 bits per heavy atom. The van der Waals surface area contributed by atoms with Crippen molar-refractivity contribution < 1.29 is 4.79 Å². The highest BCUT2D eigenvalue weighted by Crippen LogP contribution is 2.33. The topological polar surface area (TPSA) is 32.3 Å². The van der Waals surface area contributed by atoms with Gasteiger partial charge in [-0.15, -0.1) is 0 Å². The Morgan fingerprint density at radius 3 is 2.67 bits per heavy atom. The summed E-state index contributed by atoms with van der Waals surface area (Å²) in [5.41, 5.74) is 0. The van der Waals surface area contributed by atoms with Crippen molar-refractivity contribution in [2.24, 2.45) is 11.8 Å². The van der Waals surface area contributed by atoms with Gasteiger partial charge >= 0.3 is 0 Å². The van der Waals surface area contributed by atoms with Crippen molar-refractivity contribution in [1.82, 2.24) is 10.2 Å². The molecule has 122 valence electrons. The lowest BCUT2D eigenvalue weighted by Gasteiger charge is -2.31. The average Bonchev–Trinajstić information content (AvgIpc) is 2.96. The van der Waals surface area contributed by atoms with Gasteiger partial charge in [-0.3, -0.25) is 4.79 Å². The first kappa shape index (κ1) is 17.1. The third kappa shape index (κ3) is 4.88. The summed E-state index contributed by atoms with van der Waals surface area (Å²) in [6, 6.07) is 0.488. The van der Waals surface area contributed by atoms with Crippen LogP contribution < -0.4 is 5.32 Å². The number of carbonyl (C=O) groups excluding carboxylic acids is 1. The predicted octanol–water partition coefficient (Wildman–Crippen LogP) is 3.14. The van der Waals surface area contributed by atoms with Crippen molar-refractivity contribution in [3.63, 3.8) is 0 Å². The largest absolute Gasteiger partial charge is 0.343 e. The van der Waals surface area contributed by atoms with E-state index in [2.05, 4.69) is 35.8 Å². The number of thioether (sulfide) groups is 1. The van der Waals surface area contributed by atoms with Gasteiger partial charge in [-0.05, 0) is 62.8 Å². The number of nitrogens with one attached hydrogen (secondary N) is 1. The molecule has 3 unspecified atom stereocenters. The second kappa shape index (κ2) is 8.42. The van der Waals surface area contributed by atoms with Crippen LogP contribution in [-0.2, 0) is 4.79 Å². The van der Waals surface area contributed by atoms with E-state index >= 15 is 0 Å². The second-order valence-corrected chi connectivity index (χ2v) is 8.40. The van der Waals surface area contributed by atoms with Crippen LogP contribution in [0.5, 0.6) is 0 Å². The summed E-state index contributed by atoms with van der Waals surface area (Å²) in [5.74, 6) is 2.83. The maximum Gasteiger partial charge on any atom is 0.222 e. The van der Waals surface area contributed by atoms with E-state index in [0.717, 1.165) is 30.7 Å². The number of piperidine rings is 1. The van der Waals surface area contributed by atoms with E-state index < -0.39 is 0 Å². The maximum absolute atomic E-state index is 12.6. The molecule has 0 radical (unpaired) electrons. The summed E-state index contributed by atoms with van der Waals surface area (Å²) in [7, 11) is 2.03. The molecular formula is C17H32N2OS. The molecular weight excluding hydrogens is 280 g/mol. The van der Waals surface area contributed by atoms with Crippen molar-refractivity contribution in [3.05, 3.63) is 0 Å². The molecule has 1 saturated heterocycles. The lowest BCUT2D eigenvalue weighted by molar-refractivity contribution is -0.133. The van der Waals surface area contributed by atoms with Crippen LogP contribution in [-0.4, -0.2) is 48.0 Å². The molecule has 1 aliphatic carbocycles. The van der Waals surface area contributed by atoms with Crippen molar-refractivity contribution >= 4 is 17.7 Å². The minimum Gasteiger partial charge on any atom is -0.343 e. The Bertz CT molecular complexity index is 331. The molecule has 1 amide bonds.